The summed E-state index contributed by atoms with van der Waals surface area (Å²) in [6.07, 6.45) is 0. The highest BCUT2D eigenvalue weighted by atomic mass is 35.5. The minimum Gasteiger partial charge on any atom is -0.483 e. The van der Waals surface area contributed by atoms with Gasteiger partial charge in [-0.25, -0.2) is 13.8 Å². The van der Waals surface area contributed by atoms with Crippen molar-refractivity contribution in [2.24, 2.45) is 0 Å². The van der Waals surface area contributed by atoms with Crippen molar-refractivity contribution in [1.82, 2.24) is 4.98 Å². The minimum atomic E-state index is -0.951. The van der Waals surface area contributed by atoms with Gasteiger partial charge in [0.25, 0.3) is 5.91 Å². The van der Waals surface area contributed by atoms with E-state index in [1.54, 1.807) is 23.6 Å². The molecule has 0 aliphatic rings. The maximum Gasteiger partial charge on any atom is 0.264 e. The van der Waals surface area contributed by atoms with E-state index in [-0.39, 0.29) is 12.5 Å². The van der Waals surface area contributed by atoms with Crippen LogP contribution in [0.4, 0.5) is 13.9 Å². The number of anilines is 1. The summed E-state index contributed by atoms with van der Waals surface area (Å²) in [4.78, 5) is 16.2. The fourth-order valence-corrected chi connectivity index (χ4v) is 3.16. The van der Waals surface area contributed by atoms with E-state index in [0.29, 0.717) is 27.2 Å². The Morgan fingerprint density at radius 1 is 1.23 bits per heavy atom. The van der Waals surface area contributed by atoms with Crippen molar-refractivity contribution in [3.8, 4) is 17.0 Å². The number of hydrogen-bond acceptors (Lipinski definition) is 4. The Labute approximate surface area is 157 Å². The van der Waals surface area contributed by atoms with E-state index in [4.69, 9.17) is 16.3 Å². The van der Waals surface area contributed by atoms with E-state index < -0.39 is 11.6 Å². The molecular formula is C18H13ClF2N2O2S. The third kappa shape index (κ3) is 4.36. The van der Waals surface area contributed by atoms with E-state index in [9.17, 15) is 13.6 Å². The van der Waals surface area contributed by atoms with Gasteiger partial charge in [0.2, 0.25) is 0 Å². The summed E-state index contributed by atoms with van der Waals surface area (Å²) in [5, 5.41) is 5.18. The van der Waals surface area contributed by atoms with Gasteiger partial charge in [-0.15, -0.1) is 11.3 Å². The van der Waals surface area contributed by atoms with Crippen LogP contribution in [-0.4, -0.2) is 17.5 Å². The zero-order chi connectivity index (χ0) is 18.7. The summed E-state index contributed by atoms with van der Waals surface area (Å²) >= 11 is 7.05. The molecule has 0 radical (unpaired) electrons. The third-order valence-corrected chi connectivity index (χ3v) is 4.45. The lowest BCUT2D eigenvalue weighted by Crippen LogP contribution is -2.20. The Bertz CT molecular complexity index is 962. The zero-order valence-electron chi connectivity index (χ0n) is 13.6. The number of nitrogens with one attached hydrogen (secondary N) is 1. The number of amides is 1. The highest BCUT2D eigenvalue weighted by Gasteiger charge is 2.11. The number of carbonyl (C=O) groups is 1. The first-order valence-corrected chi connectivity index (χ1v) is 8.78. The molecule has 0 aliphatic heterocycles. The zero-order valence-corrected chi connectivity index (χ0v) is 15.1. The lowest BCUT2D eigenvalue weighted by molar-refractivity contribution is -0.118. The van der Waals surface area contributed by atoms with Crippen LogP contribution in [0.1, 0.15) is 5.56 Å². The maximum absolute atomic E-state index is 13.3. The first-order chi connectivity index (χ1) is 12.4. The number of aromatic nitrogens is 1. The van der Waals surface area contributed by atoms with Crippen molar-refractivity contribution in [3.63, 3.8) is 0 Å². The standard InChI is InChI=1S/C18H13ClF2N2O2S/c1-10-6-12(19)3-5-16(10)25-8-17(24)23-18-22-15(9-26-18)11-2-4-13(20)14(21)7-11/h2-7,9H,8H2,1H3,(H,22,23,24). The summed E-state index contributed by atoms with van der Waals surface area (Å²) in [6.45, 7) is 1.64. The topological polar surface area (TPSA) is 51.2 Å². The molecule has 1 amide bonds. The van der Waals surface area contributed by atoms with Crippen LogP contribution in [-0.2, 0) is 4.79 Å². The van der Waals surface area contributed by atoms with E-state index in [0.717, 1.165) is 17.7 Å². The molecule has 0 spiro atoms. The summed E-state index contributed by atoms with van der Waals surface area (Å²) in [5.41, 5.74) is 1.69. The Balaban J connectivity index is 1.61. The molecule has 0 fully saturated rings. The van der Waals surface area contributed by atoms with Gasteiger partial charge in [0.05, 0.1) is 5.69 Å². The number of hydrogen-bond donors (Lipinski definition) is 1. The van der Waals surface area contributed by atoms with Gasteiger partial charge in [-0.05, 0) is 48.9 Å². The van der Waals surface area contributed by atoms with Crippen molar-refractivity contribution in [3.05, 3.63) is 64.0 Å². The van der Waals surface area contributed by atoms with Crippen LogP contribution in [0.5, 0.6) is 5.75 Å². The number of rotatable bonds is 5. The third-order valence-electron chi connectivity index (χ3n) is 3.46. The van der Waals surface area contributed by atoms with Gasteiger partial charge in [-0.2, -0.15) is 0 Å². The quantitative estimate of drug-likeness (QED) is 0.657. The molecule has 0 aliphatic carbocycles. The Hall–Kier alpha value is -2.51. The summed E-state index contributed by atoms with van der Waals surface area (Å²) in [6, 6.07) is 8.62. The number of benzene rings is 2. The van der Waals surface area contributed by atoms with E-state index in [2.05, 4.69) is 10.3 Å². The van der Waals surface area contributed by atoms with Crippen LogP contribution in [0.2, 0.25) is 5.02 Å². The number of aryl methyl sites for hydroxylation is 1. The molecule has 0 unspecified atom stereocenters. The largest absolute Gasteiger partial charge is 0.483 e. The number of nitrogens with zero attached hydrogens (tertiary/aromatic N) is 1. The highest BCUT2D eigenvalue weighted by Crippen LogP contribution is 2.26. The van der Waals surface area contributed by atoms with Crippen LogP contribution in [0.25, 0.3) is 11.3 Å². The SMILES string of the molecule is Cc1cc(Cl)ccc1OCC(=O)Nc1nc(-c2ccc(F)c(F)c2)cs1. The molecule has 2 aromatic carbocycles. The van der Waals surface area contributed by atoms with Gasteiger partial charge in [0.1, 0.15) is 5.75 Å². The second kappa shape index (κ2) is 7.80. The molecular weight excluding hydrogens is 382 g/mol. The normalized spacial score (nSPS) is 10.6. The van der Waals surface area contributed by atoms with Crippen LogP contribution in [0, 0.1) is 18.6 Å². The van der Waals surface area contributed by atoms with Gasteiger partial charge in [0.15, 0.2) is 23.4 Å². The molecule has 0 saturated heterocycles. The smallest absolute Gasteiger partial charge is 0.264 e. The van der Waals surface area contributed by atoms with Gasteiger partial charge in [0, 0.05) is 16.0 Å². The summed E-state index contributed by atoms with van der Waals surface area (Å²) in [7, 11) is 0. The molecule has 0 bridgehead atoms. The van der Waals surface area contributed by atoms with Gasteiger partial charge < -0.3 is 4.74 Å². The van der Waals surface area contributed by atoms with Gasteiger partial charge in [-0.1, -0.05) is 11.6 Å². The van der Waals surface area contributed by atoms with Crippen molar-refractivity contribution >= 4 is 34.0 Å². The van der Waals surface area contributed by atoms with Crippen LogP contribution >= 0.6 is 22.9 Å². The Morgan fingerprint density at radius 3 is 2.77 bits per heavy atom. The van der Waals surface area contributed by atoms with Crippen molar-refractivity contribution in [2.45, 2.75) is 6.92 Å². The van der Waals surface area contributed by atoms with Crippen molar-refractivity contribution in [1.29, 1.82) is 0 Å². The number of ether oxygens (including phenoxy) is 1. The predicted octanol–water partition coefficient (Wildman–Crippen LogP) is 5.07. The van der Waals surface area contributed by atoms with E-state index in [1.807, 2.05) is 6.92 Å². The summed E-state index contributed by atoms with van der Waals surface area (Å²) in [5.74, 6) is -1.70. The van der Waals surface area contributed by atoms with Gasteiger partial charge in [-0.3, -0.25) is 10.1 Å². The van der Waals surface area contributed by atoms with E-state index >= 15 is 0 Å². The molecule has 134 valence electrons. The minimum absolute atomic E-state index is 0.192. The number of carbonyl (C=O) groups excluding carboxylic acids is 1. The molecule has 26 heavy (non-hydrogen) atoms. The average molecular weight is 395 g/mol. The lowest BCUT2D eigenvalue weighted by atomic mass is 10.2. The molecule has 1 N–H and O–H groups in total. The molecule has 0 saturated carbocycles. The van der Waals surface area contributed by atoms with Crippen LogP contribution in [0.3, 0.4) is 0 Å². The molecule has 8 heteroatoms. The monoisotopic (exact) mass is 394 g/mol. The van der Waals surface area contributed by atoms with Crippen LogP contribution in [0.15, 0.2) is 41.8 Å². The maximum atomic E-state index is 13.3. The van der Waals surface area contributed by atoms with Crippen molar-refractivity contribution in [2.75, 3.05) is 11.9 Å². The molecule has 0 atom stereocenters. The highest BCUT2D eigenvalue weighted by molar-refractivity contribution is 7.14. The molecule has 1 aromatic heterocycles. The van der Waals surface area contributed by atoms with Gasteiger partial charge >= 0.3 is 0 Å². The Kier molecular flexibility index (Phi) is 5.49. The number of halogens is 3. The molecule has 3 rings (SSSR count). The Morgan fingerprint density at radius 2 is 2.04 bits per heavy atom. The first kappa shape index (κ1) is 18.3. The second-order valence-corrected chi connectivity index (χ2v) is 6.71. The molecule has 4 nitrogen and oxygen atoms in total. The first-order valence-electron chi connectivity index (χ1n) is 7.52. The number of thiazole rings is 1. The lowest BCUT2D eigenvalue weighted by Gasteiger charge is -2.08. The predicted molar refractivity (Wildman–Crippen MR) is 97.8 cm³/mol. The van der Waals surface area contributed by atoms with Crippen molar-refractivity contribution < 1.29 is 18.3 Å². The second-order valence-electron chi connectivity index (χ2n) is 5.41. The average Bonchev–Trinajstić information content (AvgIpc) is 3.05. The fourth-order valence-electron chi connectivity index (χ4n) is 2.19. The summed E-state index contributed by atoms with van der Waals surface area (Å²) < 4.78 is 31.8. The fraction of sp³-hybridized carbons (Fsp3) is 0.111. The molecule has 1 heterocycles. The molecule has 3 aromatic rings. The van der Waals surface area contributed by atoms with Crippen LogP contribution < -0.4 is 10.1 Å². The van der Waals surface area contributed by atoms with E-state index in [1.165, 1.54) is 17.4 Å².